The van der Waals surface area contributed by atoms with Gasteiger partial charge in [0.15, 0.2) is 5.82 Å². The zero-order valence-corrected chi connectivity index (χ0v) is 18.8. The van der Waals surface area contributed by atoms with Crippen molar-refractivity contribution in [2.24, 2.45) is 0 Å². The van der Waals surface area contributed by atoms with E-state index in [4.69, 9.17) is 0 Å². The molecule has 5 rings (SSSR count). The van der Waals surface area contributed by atoms with Gasteiger partial charge in [0.2, 0.25) is 5.91 Å². The van der Waals surface area contributed by atoms with Crippen molar-refractivity contribution in [1.29, 1.82) is 0 Å². The number of fused-ring (bicyclic) bond motifs is 3. The Morgan fingerprint density at radius 2 is 1.67 bits per heavy atom. The summed E-state index contributed by atoms with van der Waals surface area (Å²) in [7, 11) is 0. The lowest BCUT2D eigenvalue weighted by Gasteiger charge is -2.43. The van der Waals surface area contributed by atoms with Gasteiger partial charge in [-0.2, -0.15) is 0 Å². The zero-order chi connectivity index (χ0) is 23.0. The third-order valence-corrected chi connectivity index (χ3v) is 6.40. The molecule has 0 saturated carbocycles. The van der Waals surface area contributed by atoms with Crippen molar-refractivity contribution in [1.82, 2.24) is 19.8 Å². The summed E-state index contributed by atoms with van der Waals surface area (Å²) in [5, 5.41) is 3.06. The molecule has 1 N–H and O–H groups in total. The number of carbonyl (C=O) groups is 2. The summed E-state index contributed by atoms with van der Waals surface area (Å²) in [6.07, 6.45) is 0. The second kappa shape index (κ2) is 8.20. The summed E-state index contributed by atoms with van der Waals surface area (Å²) in [6, 6.07) is 25.5. The van der Waals surface area contributed by atoms with Crippen molar-refractivity contribution in [2.75, 3.05) is 0 Å². The lowest BCUT2D eigenvalue weighted by Crippen LogP contribution is -2.63. The SMILES string of the molecule is Cc1ccc(CN2C(=O)c3nc4ccccc4n3CC2(C)C(=O)NCc2ccccc2)cc1. The molecule has 1 aromatic heterocycles. The molecule has 1 atom stereocenters. The molecule has 0 fully saturated rings. The number of aryl methyl sites for hydroxylation is 1. The van der Waals surface area contributed by atoms with Crippen LogP contribution in [0, 0.1) is 6.92 Å². The van der Waals surface area contributed by atoms with Crippen molar-refractivity contribution < 1.29 is 9.59 Å². The molecule has 2 heterocycles. The molecular weight excluding hydrogens is 412 g/mol. The maximum absolute atomic E-state index is 13.7. The predicted molar refractivity (Wildman–Crippen MR) is 127 cm³/mol. The number of hydrogen-bond acceptors (Lipinski definition) is 3. The minimum Gasteiger partial charge on any atom is -0.350 e. The van der Waals surface area contributed by atoms with Crippen molar-refractivity contribution in [3.63, 3.8) is 0 Å². The first-order valence-electron chi connectivity index (χ1n) is 11.1. The number of aromatic nitrogens is 2. The summed E-state index contributed by atoms with van der Waals surface area (Å²) in [5.74, 6) is -0.0534. The van der Waals surface area contributed by atoms with Gasteiger partial charge in [0.1, 0.15) is 5.54 Å². The number of benzene rings is 3. The first kappa shape index (κ1) is 20.9. The molecule has 1 aliphatic rings. The maximum atomic E-state index is 13.7. The molecule has 1 aliphatic heterocycles. The van der Waals surface area contributed by atoms with Crippen molar-refractivity contribution in [3.8, 4) is 0 Å². The summed E-state index contributed by atoms with van der Waals surface area (Å²) in [6.45, 7) is 4.94. The van der Waals surface area contributed by atoms with Crippen molar-refractivity contribution in [3.05, 3.63) is 101 Å². The van der Waals surface area contributed by atoms with Gasteiger partial charge in [-0.3, -0.25) is 9.59 Å². The standard InChI is InChI=1S/C27H26N4O2/c1-19-12-14-21(15-13-19)17-31-25(32)24-29-22-10-6-7-11-23(22)30(24)18-27(31,2)26(33)28-16-20-8-4-3-5-9-20/h3-15H,16-18H2,1-2H3,(H,28,33). The minimum absolute atomic E-state index is 0.185. The molecular formula is C27H26N4O2. The first-order valence-corrected chi connectivity index (χ1v) is 11.1. The fourth-order valence-electron chi connectivity index (χ4n) is 4.42. The van der Waals surface area contributed by atoms with Gasteiger partial charge in [-0.25, -0.2) is 4.98 Å². The molecule has 0 spiro atoms. The van der Waals surface area contributed by atoms with Gasteiger partial charge in [0.25, 0.3) is 5.91 Å². The third kappa shape index (κ3) is 3.78. The van der Waals surface area contributed by atoms with E-state index in [0.29, 0.717) is 25.5 Å². The van der Waals surface area contributed by atoms with Gasteiger partial charge in [-0.05, 0) is 37.1 Å². The third-order valence-electron chi connectivity index (χ3n) is 6.40. The second-order valence-electron chi connectivity index (χ2n) is 8.83. The van der Waals surface area contributed by atoms with Gasteiger partial charge in [-0.15, -0.1) is 0 Å². The highest BCUT2D eigenvalue weighted by atomic mass is 16.2. The fraction of sp³-hybridized carbons (Fsp3) is 0.222. The molecule has 6 heteroatoms. The van der Waals surface area contributed by atoms with Crippen LogP contribution in [-0.2, 0) is 24.4 Å². The summed E-state index contributed by atoms with van der Waals surface area (Å²) in [4.78, 5) is 33.6. The van der Waals surface area contributed by atoms with E-state index in [-0.39, 0.29) is 11.8 Å². The Morgan fingerprint density at radius 1 is 0.970 bits per heavy atom. The van der Waals surface area contributed by atoms with Crippen LogP contribution in [0.25, 0.3) is 11.0 Å². The average molecular weight is 439 g/mol. The van der Waals surface area contributed by atoms with Crippen LogP contribution in [0.1, 0.15) is 34.2 Å². The van der Waals surface area contributed by atoms with E-state index in [1.54, 1.807) is 4.90 Å². The predicted octanol–water partition coefficient (Wildman–Crippen LogP) is 4.08. The molecule has 0 radical (unpaired) electrons. The van der Waals surface area contributed by atoms with Crippen LogP contribution in [-0.4, -0.2) is 31.8 Å². The van der Waals surface area contributed by atoms with Crippen LogP contribution in [0.5, 0.6) is 0 Å². The molecule has 0 aliphatic carbocycles. The summed E-state index contributed by atoms with van der Waals surface area (Å²) >= 11 is 0. The Balaban J connectivity index is 1.53. The highest BCUT2D eigenvalue weighted by molar-refractivity contribution is 6.01. The summed E-state index contributed by atoms with van der Waals surface area (Å²) in [5.41, 5.74) is 3.67. The highest BCUT2D eigenvalue weighted by Gasteiger charge is 2.48. The van der Waals surface area contributed by atoms with E-state index in [2.05, 4.69) is 10.3 Å². The topological polar surface area (TPSA) is 67.2 Å². The summed E-state index contributed by atoms with van der Waals surface area (Å²) < 4.78 is 1.88. The van der Waals surface area contributed by atoms with Gasteiger partial charge >= 0.3 is 0 Å². The van der Waals surface area contributed by atoms with Crippen LogP contribution in [0.4, 0.5) is 0 Å². The van der Waals surface area contributed by atoms with E-state index in [9.17, 15) is 9.59 Å². The number of nitrogens with zero attached hydrogens (tertiary/aromatic N) is 3. The normalized spacial score (nSPS) is 17.8. The van der Waals surface area contributed by atoms with E-state index < -0.39 is 5.54 Å². The second-order valence-corrected chi connectivity index (χ2v) is 8.83. The quantitative estimate of drug-likeness (QED) is 0.511. The molecule has 0 bridgehead atoms. The number of imidazole rings is 1. The van der Waals surface area contributed by atoms with E-state index in [0.717, 1.165) is 27.7 Å². The maximum Gasteiger partial charge on any atom is 0.291 e. The fourth-order valence-corrected chi connectivity index (χ4v) is 4.42. The van der Waals surface area contributed by atoms with Crippen molar-refractivity contribution in [2.45, 2.75) is 39.0 Å². The number of para-hydroxylation sites is 2. The average Bonchev–Trinajstić information content (AvgIpc) is 3.20. The van der Waals surface area contributed by atoms with E-state index in [1.807, 2.05) is 97.3 Å². The van der Waals surface area contributed by atoms with E-state index in [1.165, 1.54) is 0 Å². The van der Waals surface area contributed by atoms with Gasteiger partial charge < -0.3 is 14.8 Å². The minimum atomic E-state index is -1.08. The molecule has 33 heavy (non-hydrogen) atoms. The Labute approximate surface area is 192 Å². The van der Waals surface area contributed by atoms with E-state index >= 15 is 0 Å². The Hall–Kier alpha value is -3.93. The smallest absolute Gasteiger partial charge is 0.291 e. The molecule has 1 unspecified atom stereocenters. The zero-order valence-electron chi connectivity index (χ0n) is 18.8. The molecule has 6 nitrogen and oxygen atoms in total. The van der Waals surface area contributed by atoms with Crippen LogP contribution < -0.4 is 5.32 Å². The lowest BCUT2D eigenvalue weighted by atomic mass is 9.94. The van der Waals surface area contributed by atoms with Gasteiger partial charge in [0, 0.05) is 13.1 Å². The van der Waals surface area contributed by atoms with Crippen LogP contribution in [0.2, 0.25) is 0 Å². The van der Waals surface area contributed by atoms with Gasteiger partial charge in [-0.1, -0.05) is 72.3 Å². The number of nitrogens with one attached hydrogen (secondary N) is 1. The Bertz CT molecular complexity index is 1330. The monoisotopic (exact) mass is 438 g/mol. The highest BCUT2D eigenvalue weighted by Crippen LogP contribution is 2.32. The first-order chi connectivity index (χ1) is 16.0. The van der Waals surface area contributed by atoms with Crippen LogP contribution >= 0.6 is 0 Å². The van der Waals surface area contributed by atoms with Crippen LogP contribution in [0.15, 0.2) is 78.9 Å². The lowest BCUT2D eigenvalue weighted by molar-refractivity contribution is -0.133. The molecule has 166 valence electrons. The van der Waals surface area contributed by atoms with Crippen molar-refractivity contribution >= 4 is 22.8 Å². The van der Waals surface area contributed by atoms with Gasteiger partial charge in [0.05, 0.1) is 17.6 Å². The largest absolute Gasteiger partial charge is 0.350 e. The number of amides is 2. The number of rotatable bonds is 5. The number of carbonyl (C=O) groups excluding carboxylic acids is 2. The van der Waals surface area contributed by atoms with Crippen LogP contribution in [0.3, 0.4) is 0 Å². The Morgan fingerprint density at radius 3 is 2.42 bits per heavy atom. The molecule has 2 amide bonds. The molecule has 4 aromatic rings. The Kier molecular flexibility index (Phi) is 5.21. The number of hydrogen-bond donors (Lipinski definition) is 1. The molecule has 0 saturated heterocycles. The molecule has 3 aromatic carbocycles.